The molecule has 3 rings (SSSR count). The van der Waals surface area contributed by atoms with Gasteiger partial charge in [-0.3, -0.25) is 9.59 Å². The first kappa shape index (κ1) is 13.7. The molecule has 1 unspecified atom stereocenters. The van der Waals surface area contributed by atoms with E-state index in [1.165, 1.54) is 11.3 Å². The van der Waals surface area contributed by atoms with Crippen molar-refractivity contribution in [2.45, 2.75) is 13.3 Å². The van der Waals surface area contributed by atoms with E-state index in [-0.39, 0.29) is 24.2 Å². The van der Waals surface area contributed by atoms with Gasteiger partial charge in [0, 0.05) is 18.7 Å². The molecule has 1 aliphatic heterocycles. The van der Waals surface area contributed by atoms with Gasteiger partial charge in [-0.25, -0.2) is 0 Å². The number of nitrogens with one attached hydrogen (secondary N) is 1. The van der Waals surface area contributed by atoms with Crippen LogP contribution in [0.4, 0.5) is 10.8 Å². The highest BCUT2D eigenvalue weighted by molar-refractivity contribution is 7.13. The van der Waals surface area contributed by atoms with E-state index in [0.29, 0.717) is 11.7 Å². The van der Waals surface area contributed by atoms with E-state index in [2.05, 4.69) is 15.5 Å². The average molecular weight is 302 g/mol. The predicted molar refractivity (Wildman–Crippen MR) is 80.2 cm³/mol. The molecule has 1 saturated heterocycles. The van der Waals surface area contributed by atoms with Crippen molar-refractivity contribution in [2.75, 3.05) is 16.8 Å². The molecule has 1 fully saturated rings. The Morgan fingerprint density at radius 3 is 2.95 bits per heavy atom. The summed E-state index contributed by atoms with van der Waals surface area (Å²) in [5, 5.41) is 10.6. The average Bonchev–Trinajstić information content (AvgIpc) is 3.09. The maximum atomic E-state index is 12.2. The molecule has 1 atom stereocenters. The fourth-order valence-corrected chi connectivity index (χ4v) is 2.87. The quantitative estimate of drug-likeness (QED) is 0.938. The minimum atomic E-state index is -0.360. The van der Waals surface area contributed by atoms with Crippen LogP contribution in [0.3, 0.4) is 0 Å². The SMILES string of the molecule is Cc1ccccc1N1CC(C(=O)Nc2nncs2)CC1=O. The van der Waals surface area contributed by atoms with Gasteiger partial charge in [0.25, 0.3) is 0 Å². The molecule has 0 saturated carbocycles. The number of carbonyl (C=O) groups excluding carboxylic acids is 2. The summed E-state index contributed by atoms with van der Waals surface area (Å²) >= 11 is 1.26. The summed E-state index contributed by atoms with van der Waals surface area (Å²) in [7, 11) is 0. The van der Waals surface area contributed by atoms with Crippen LogP contribution in [-0.4, -0.2) is 28.6 Å². The summed E-state index contributed by atoms with van der Waals surface area (Å²) in [6.45, 7) is 2.35. The zero-order valence-corrected chi connectivity index (χ0v) is 12.3. The van der Waals surface area contributed by atoms with E-state index in [9.17, 15) is 9.59 Å². The highest BCUT2D eigenvalue weighted by atomic mass is 32.1. The predicted octanol–water partition coefficient (Wildman–Crippen LogP) is 1.84. The lowest BCUT2D eigenvalue weighted by atomic mass is 10.1. The normalized spacial score (nSPS) is 18.0. The van der Waals surface area contributed by atoms with Crippen molar-refractivity contribution in [2.24, 2.45) is 5.92 Å². The van der Waals surface area contributed by atoms with Crippen molar-refractivity contribution < 1.29 is 9.59 Å². The second kappa shape index (κ2) is 5.61. The van der Waals surface area contributed by atoms with Crippen LogP contribution < -0.4 is 10.2 Å². The third kappa shape index (κ3) is 2.78. The Balaban J connectivity index is 1.73. The molecule has 0 aliphatic carbocycles. The van der Waals surface area contributed by atoms with Crippen LogP contribution in [0.25, 0.3) is 0 Å². The lowest BCUT2D eigenvalue weighted by Gasteiger charge is -2.18. The Bertz CT molecular complexity index is 671. The van der Waals surface area contributed by atoms with Crippen molar-refractivity contribution in [1.82, 2.24) is 10.2 Å². The lowest BCUT2D eigenvalue weighted by molar-refractivity contribution is -0.122. The molecule has 1 aliphatic rings. The molecule has 7 heteroatoms. The summed E-state index contributed by atoms with van der Waals surface area (Å²) in [6, 6.07) is 7.68. The molecule has 1 aromatic carbocycles. The number of benzene rings is 1. The fraction of sp³-hybridized carbons (Fsp3) is 0.286. The first-order chi connectivity index (χ1) is 10.1. The maximum absolute atomic E-state index is 12.2. The molecule has 2 amide bonds. The number of hydrogen-bond donors (Lipinski definition) is 1. The number of hydrogen-bond acceptors (Lipinski definition) is 5. The van der Waals surface area contributed by atoms with Crippen molar-refractivity contribution in [3.8, 4) is 0 Å². The Morgan fingerprint density at radius 1 is 1.43 bits per heavy atom. The molecule has 1 N–H and O–H groups in total. The van der Waals surface area contributed by atoms with Crippen LogP contribution >= 0.6 is 11.3 Å². The smallest absolute Gasteiger partial charge is 0.231 e. The fourth-order valence-electron chi connectivity index (χ4n) is 2.42. The number of nitrogens with zero attached hydrogens (tertiary/aromatic N) is 3. The molecule has 1 aromatic heterocycles. The second-order valence-corrected chi connectivity index (χ2v) is 5.76. The van der Waals surface area contributed by atoms with Crippen LogP contribution in [0.1, 0.15) is 12.0 Å². The minimum Gasteiger partial charge on any atom is -0.311 e. The summed E-state index contributed by atoms with van der Waals surface area (Å²) in [5.41, 5.74) is 3.44. The number of para-hydroxylation sites is 1. The molecular weight excluding hydrogens is 288 g/mol. The van der Waals surface area contributed by atoms with Gasteiger partial charge in [-0.2, -0.15) is 0 Å². The third-order valence-electron chi connectivity index (χ3n) is 3.49. The first-order valence-electron chi connectivity index (χ1n) is 6.58. The van der Waals surface area contributed by atoms with Gasteiger partial charge >= 0.3 is 0 Å². The van der Waals surface area contributed by atoms with Crippen LogP contribution in [0.2, 0.25) is 0 Å². The number of amides is 2. The van der Waals surface area contributed by atoms with Gasteiger partial charge in [0.2, 0.25) is 16.9 Å². The van der Waals surface area contributed by atoms with Gasteiger partial charge in [0.1, 0.15) is 5.51 Å². The lowest BCUT2D eigenvalue weighted by Crippen LogP contribution is -2.28. The van der Waals surface area contributed by atoms with Crippen molar-refractivity contribution >= 4 is 34.0 Å². The van der Waals surface area contributed by atoms with E-state index >= 15 is 0 Å². The molecule has 2 aromatic rings. The molecule has 0 radical (unpaired) electrons. The molecule has 108 valence electrons. The highest BCUT2D eigenvalue weighted by Gasteiger charge is 2.35. The highest BCUT2D eigenvalue weighted by Crippen LogP contribution is 2.28. The summed E-state index contributed by atoms with van der Waals surface area (Å²) in [4.78, 5) is 26.0. The Morgan fingerprint density at radius 2 is 2.24 bits per heavy atom. The van der Waals surface area contributed by atoms with Crippen molar-refractivity contribution in [3.63, 3.8) is 0 Å². The van der Waals surface area contributed by atoms with Crippen LogP contribution in [-0.2, 0) is 9.59 Å². The van der Waals surface area contributed by atoms with Gasteiger partial charge in [-0.15, -0.1) is 10.2 Å². The van der Waals surface area contributed by atoms with E-state index in [0.717, 1.165) is 11.3 Å². The van der Waals surface area contributed by atoms with Gasteiger partial charge in [0.15, 0.2) is 0 Å². The Kier molecular flexibility index (Phi) is 3.66. The number of aromatic nitrogens is 2. The van der Waals surface area contributed by atoms with Crippen LogP contribution in [0, 0.1) is 12.8 Å². The number of aryl methyl sites for hydroxylation is 1. The molecule has 21 heavy (non-hydrogen) atoms. The van der Waals surface area contributed by atoms with Gasteiger partial charge in [-0.05, 0) is 18.6 Å². The molecule has 0 spiro atoms. The van der Waals surface area contributed by atoms with Crippen LogP contribution in [0.5, 0.6) is 0 Å². The molecule has 2 heterocycles. The van der Waals surface area contributed by atoms with E-state index in [1.54, 1.807) is 10.4 Å². The van der Waals surface area contributed by atoms with E-state index in [4.69, 9.17) is 0 Å². The van der Waals surface area contributed by atoms with Crippen molar-refractivity contribution in [1.29, 1.82) is 0 Å². The number of carbonyl (C=O) groups is 2. The largest absolute Gasteiger partial charge is 0.311 e. The monoisotopic (exact) mass is 302 g/mol. The van der Waals surface area contributed by atoms with Crippen LogP contribution in [0.15, 0.2) is 29.8 Å². The summed E-state index contributed by atoms with van der Waals surface area (Å²) in [6.07, 6.45) is 0.221. The first-order valence-corrected chi connectivity index (χ1v) is 7.46. The van der Waals surface area contributed by atoms with E-state index < -0.39 is 0 Å². The second-order valence-electron chi connectivity index (χ2n) is 4.93. The van der Waals surface area contributed by atoms with Gasteiger partial charge in [-0.1, -0.05) is 29.5 Å². The molecule has 0 bridgehead atoms. The Hall–Kier alpha value is -2.28. The Labute approximate surface area is 125 Å². The van der Waals surface area contributed by atoms with Gasteiger partial charge < -0.3 is 10.2 Å². The standard InChI is InChI=1S/C14H14N4O2S/c1-9-4-2-3-5-11(9)18-7-10(6-12(18)19)13(20)16-14-17-15-8-21-14/h2-5,8,10H,6-7H2,1H3,(H,16,17,20). The topological polar surface area (TPSA) is 75.2 Å². The number of rotatable bonds is 3. The van der Waals surface area contributed by atoms with Crippen molar-refractivity contribution in [3.05, 3.63) is 35.3 Å². The summed E-state index contributed by atoms with van der Waals surface area (Å²) in [5.74, 6) is -0.570. The minimum absolute atomic E-state index is 0.0262. The zero-order valence-electron chi connectivity index (χ0n) is 11.4. The van der Waals surface area contributed by atoms with Gasteiger partial charge in [0.05, 0.1) is 5.92 Å². The summed E-state index contributed by atoms with van der Waals surface area (Å²) < 4.78 is 0. The maximum Gasteiger partial charge on any atom is 0.231 e. The zero-order chi connectivity index (χ0) is 14.8. The molecule has 6 nitrogen and oxygen atoms in total. The van der Waals surface area contributed by atoms with E-state index in [1.807, 2.05) is 31.2 Å². The molecular formula is C14H14N4O2S. The number of anilines is 2. The third-order valence-corrected chi connectivity index (χ3v) is 4.10.